The van der Waals surface area contributed by atoms with Gasteiger partial charge in [0.15, 0.2) is 11.6 Å². The number of carbonyl (C=O) groups excluding carboxylic acids is 3. The van der Waals surface area contributed by atoms with Crippen molar-refractivity contribution in [3.63, 3.8) is 0 Å². The lowest BCUT2D eigenvalue weighted by Crippen LogP contribution is -2.64. The van der Waals surface area contributed by atoms with Gasteiger partial charge >= 0.3 is 0 Å². The zero-order chi connectivity index (χ0) is 20.0. The van der Waals surface area contributed by atoms with Gasteiger partial charge in [0.25, 0.3) is 0 Å². The van der Waals surface area contributed by atoms with Crippen LogP contribution in [0, 0.1) is 21.7 Å². The molecule has 148 valence electrons. The zero-order valence-corrected chi connectivity index (χ0v) is 17.2. The molecule has 1 saturated heterocycles. The third-order valence-electron chi connectivity index (χ3n) is 9.01. The summed E-state index contributed by atoms with van der Waals surface area (Å²) in [7, 11) is 1.69. The molecule has 1 heterocycles. The number of allylic oxidation sites excluding steroid dienone is 1. The van der Waals surface area contributed by atoms with E-state index < -0.39 is 16.2 Å². The minimum atomic E-state index is -0.802. The van der Waals surface area contributed by atoms with Crippen molar-refractivity contribution in [1.29, 1.82) is 0 Å². The lowest BCUT2D eigenvalue weighted by atomic mass is 9.39. The molecule has 0 aromatic carbocycles. The van der Waals surface area contributed by atoms with Gasteiger partial charge in [-0.05, 0) is 25.3 Å². The maximum atomic E-state index is 13.4. The van der Waals surface area contributed by atoms with Gasteiger partial charge < -0.3 is 9.47 Å². The van der Waals surface area contributed by atoms with E-state index in [2.05, 4.69) is 6.92 Å². The highest BCUT2D eigenvalue weighted by atomic mass is 16.5. The number of fused-ring (bicyclic) bond motifs is 4. The van der Waals surface area contributed by atoms with Crippen LogP contribution in [0.4, 0.5) is 0 Å². The van der Waals surface area contributed by atoms with Gasteiger partial charge in [0.2, 0.25) is 0 Å². The fourth-order valence-electron chi connectivity index (χ4n) is 6.40. The van der Waals surface area contributed by atoms with Crippen LogP contribution in [0.1, 0.15) is 60.3 Å². The van der Waals surface area contributed by atoms with Crippen molar-refractivity contribution in [2.45, 2.75) is 72.5 Å². The van der Waals surface area contributed by atoms with Crippen LogP contribution in [0.5, 0.6) is 0 Å². The highest BCUT2D eigenvalue weighted by molar-refractivity contribution is 6.12. The summed E-state index contributed by atoms with van der Waals surface area (Å²) >= 11 is 0. The summed E-state index contributed by atoms with van der Waals surface area (Å²) in [6, 6.07) is 0. The number of ether oxygens (including phenoxy) is 2. The Balaban J connectivity index is 1.93. The van der Waals surface area contributed by atoms with Crippen LogP contribution in [-0.2, 0) is 23.9 Å². The third kappa shape index (κ3) is 1.95. The predicted molar refractivity (Wildman–Crippen MR) is 99.2 cm³/mol. The summed E-state index contributed by atoms with van der Waals surface area (Å²) in [5.74, 6) is -0.0611. The molecule has 0 spiro atoms. The van der Waals surface area contributed by atoms with E-state index >= 15 is 0 Å². The summed E-state index contributed by atoms with van der Waals surface area (Å²) in [4.78, 5) is 39.4. The first kappa shape index (κ1) is 19.0. The fourth-order valence-corrected chi connectivity index (χ4v) is 6.40. The molecule has 27 heavy (non-hydrogen) atoms. The maximum Gasteiger partial charge on any atom is 0.162 e. The maximum absolute atomic E-state index is 13.4. The first-order chi connectivity index (χ1) is 12.4. The van der Waals surface area contributed by atoms with Crippen LogP contribution in [0.15, 0.2) is 11.1 Å². The molecule has 0 N–H and O–H groups in total. The van der Waals surface area contributed by atoms with Crippen LogP contribution in [0.3, 0.4) is 0 Å². The Bertz CT molecular complexity index is 793. The Morgan fingerprint density at radius 2 is 1.70 bits per heavy atom. The Morgan fingerprint density at radius 1 is 1.04 bits per heavy atom. The van der Waals surface area contributed by atoms with Gasteiger partial charge in [-0.15, -0.1) is 0 Å². The molecule has 0 unspecified atom stereocenters. The number of methoxy groups -OCH3 is 1. The van der Waals surface area contributed by atoms with E-state index in [0.29, 0.717) is 18.6 Å². The molecule has 0 bridgehead atoms. The quantitative estimate of drug-likeness (QED) is 0.660. The SMILES string of the molecule is CO[C@@H]1CO[C@@H]2C3=C(CC[C@@]21C)[C@]1(C)C(=O)CC(=O)C(C)(C)[C@@]1(C)CC3=O. The number of hydrogen-bond acceptors (Lipinski definition) is 5. The van der Waals surface area contributed by atoms with Gasteiger partial charge in [0, 0.05) is 35.3 Å². The minimum Gasteiger partial charge on any atom is -0.378 e. The first-order valence-corrected chi connectivity index (χ1v) is 9.93. The number of Topliss-reactive ketones (excluding diaryl/α,β-unsaturated/α-hetero) is 3. The molecule has 5 atom stereocenters. The summed E-state index contributed by atoms with van der Waals surface area (Å²) < 4.78 is 11.7. The number of hydrogen-bond donors (Lipinski definition) is 0. The van der Waals surface area contributed by atoms with Crippen molar-refractivity contribution < 1.29 is 23.9 Å². The van der Waals surface area contributed by atoms with Crippen molar-refractivity contribution in [3.8, 4) is 0 Å². The zero-order valence-electron chi connectivity index (χ0n) is 17.2. The monoisotopic (exact) mass is 374 g/mol. The van der Waals surface area contributed by atoms with E-state index in [4.69, 9.17) is 9.47 Å². The van der Waals surface area contributed by atoms with E-state index in [1.165, 1.54) is 0 Å². The Kier molecular flexibility index (Phi) is 3.79. The summed E-state index contributed by atoms with van der Waals surface area (Å²) in [6.07, 6.45) is 1.28. The average Bonchev–Trinajstić information content (AvgIpc) is 2.93. The second kappa shape index (κ2) is 5.38. The Hall–Kier alpha value is -1.33. The molecule has 0 aromatic rings. The third-order valence-corrected chi connectivity index (χ3v) is 9.01. The molecule has 5 heteroatoms. The molecule has 0 radical (unpaired) electrons. The normalized spacial score (nSPS) is 46.2. The van der Waals surface area contributed by atoms with Crippen LogP contribution in [0.25, 0.3) is 0 Å². The molecule has 4 rings (SSSR count). The van der Waals surface area contributed by atoms with Crippen LogP contribution in [-0.4, -0.2) is 43.3 Å². The van der Waals surface area contributed by atoms with Crippen LogP contribution >= 0.6 is 0 Å². The molecule has 1 aliphatic heterocycles. The average molecular weight is 374 g/mol. The second-order valence-corrected chi connectivity index (χ2v) is 10.0. The lowest BCUT2D eigenvalue weighted by Gasteiger charge is -2.61. The highest BCUT2D eigenvalue weighted by Crippen LogP contribution is 2.67. The molecule has 5 nitrogen and oxygen atoms in total. The number of ketones is 3. The van der Waals surface area contributed by atoms with Gasteiger partial charge in [-0.3, -0.25) is 14.4 Å². The van der Waals surface area contributed by atoms with Crippen molar-refractivity contribution in [1.82, 2.24) is 0 Å². The standard InChI is InChI=1S/C22H30O5/c1-19(2)14(24)9-15(25)22(5)12-7-8-20(3)16(26-6)11-27-18(20)17(12)13(23)10-21(19,22)4/h16,18H,7-11H2,1-6H3/t16-,18-,20-,21-,22-/m1/s1. The molecule has 1 saturated carbocycles. The largest absolute Gasteiger partial charge is 0.378 e. The van der Waals surface area contributed by atoms with Crippen LogP contribution in [0.2, 0.25) is 0 Å². The van der Waals surface area contributed by atoms with E-state index in [0.717, 1.165) is 12.0 Å². The van der Waals surface area contributed by atoms with Crippen molar-refractivity contribution in [3.05, 3.63) is 11.1 Å². The van der Waals surface area contributed by atoms with E-state index in [1.807, 2.05) is 27.7 Å². The van der Waals surface area contributed by atoms with E-state index in [-0.39, 0.29) is 47.8 Å². The van der Waals surface area contributed by atoms with Crippen molar-refractivity contribution in [2.75, 3.05) is 13.7 Å². The molecule has 3 aliphatic carbocycles. The Labute approximate surface area is 160 Å². The number of carbonyl (C=O) groups is 3. The van der Waals surface area contributed by atoms with E-state index in [9.17, 15) is 14.4 Å². The molecule has 0 amide bonds. The Morgan fingerprint density at radius 3 is 2.33 bits per heavy atom. The molecule has 2 fully saturated rings. The smallest absolute Gasteiger partial charge is 0.162 e. The van der Waals surface area contributed by atoms with Gasteiger partial charge in [-0.2, -0.15) is 0 Å². The lowest BCUT2D eigenvalue weighted by molar-refractivity contribution is -0.165. The van der Waals surface area contributed by atoms with Gasteiger partial charge in [-0.25, -0.2) is 0 Å². The summed E-state index contributed by atoms with van der Waals surface area (Å²) in [5.41, 5.74) is -0.876. The van der Waals surface area contributed by atoms with Crippen LogP contribution < -0.4 is 0 Å². The summed E-state index contributed by atoms with van der Waals surface area (Å²) in [5, 5.41) is 0. The van der Waals surface area contributed by atoms with Gasteiger partial charge in [0.1, 0.15) is 5.78 Å². The summed E-state index contributed by atoms with van der Waals surface area (Å²) in [6.45, 7) is 10.3. The molecule has 0 aromatic heterocycles. The molecular weight excluding hydrogens is 344 g/mol. The van der Waals surface area contributed by atoms with Gasteiger partial charge in [0.05, 0.1) is 30.7 Å². The van der Waals surface area contributed by atoms with Crippen molar-refractivity contribution >= 4 is 17.3 Å². The molecular formula is C22H30O5. The first-order valence-electron chi connectivity index (χ1n) is 9.93. The number of rotatable bonds is 1. The topological polar surface area (TPSA) is 69.7 Å². The molecule has 4 aliphatic rings. The second-order valence-electron chi connectivity index (χ2n) is 10.0. The fraction of sp³-hybridized carbons (Fsp3) is 0.773. The van der Waals surface area contributed by atoms with E-state index in [1.54, 1.807) is 7.11 Å². The predicted octanol–water partition coefficient (Wildman–Crippen LogP) is 3.05. The van der Waals surface area contributed by atoms with Gasteiger partial charge in [-0.1, -0.05) is 27.7 Å². The highest BCUT2D eigenvalue weighted by Gasteiger charge is 2.69. The van der Waals surface area contributed by atoms with Crippen molar-refractivity contribution in [2.24, 2.45) is 21.7 Å². The minimum absolute atomic E-state index is 0.0354.